The van der Waals surface area contributed by atoms with Gasteiger partial charge in [-0.25, -0.2) is 0 Å². The van der Waals surface area contributed by atoms with Crippen LogP contribution >= 0.6 is 11.8 Å². The Morgan fingerprint density at radius 1 is 1.57 bits per heavy atom. The van der Waals surface area contributed by atoms with E-state index in [1.807, 2.05) is 6.26 Å². The Balaban J connectivity index is 2.60. The van der Waals surface area contributed by atoms with Crippen molar-refractivity contribution < 1.29 is 4.21 Å². The van der Waals surface area contributed by atoms with Crippen LogP contribution in [0.25, 0.3) is 0 Å². The molecule has 0 heterocycles. The summed E-state index contributed by atoms with van der Waals surface area (Å²) in [6.07, 6.45) is 6.40. The van der Waals surface area contributed by atoms with Crippen LogP contribution < -0.4 is 0 Å². The second-order valence-corrected chi connectivity index (χ2v) is 7.88. The molecule has 1 fully saturated rings. The van der Waals surface area contributed by atoms with Crippen molar-refractivity contribution in [3.05, 3.63) is 0 Å². The minimum atomic E-state index is -0.685. The Bertz CT molecular complexity index is 227. The van der Waals surface area contributed by atoms with Crippen molar-refractivity contribution in [2.75, 3.05) is 12.5 Å². The molecule has 0 aromatic carbocycles. The summed E-state index contributed by atoms with van der Waals surface area (Å²) in [5, 5.41) is 0. The van der Waals surface area contributed by atoms with Crippen LogP contribution in [0.15, 0.2) is 0 Å². The Kier molecular flexibility index (Phi) is 4.10. The first-order valence-electron chi connectivity index (χ1n) is 5.32. The molecule has 0 aromatic heterocycles. The smallest absolute Gasteiger partial charge is 0.0933 e. The van der Waals surface area contributed by atoms with Crippen molar-refractivity contribution in [2.45, 2.75) is 37.7 Å². The topological polar surface area (TPSA) is 17.1 Å². The number of thioether (sulfide) groups is 1. The number of hydrogen-bond donors (Lipinski definition) is 0. The molecule has 0 N–H and O–H groups in total. The molecule has 0 aromatic rings. The maximum absolute atomic E-state index is 11.7. The molecular weight excluding hydrogens is 212 g/mol. The molecule has 0 amide bonds. The Morgan fingerprint density at radius 3 is 2.43 bits per heavy atom. The molecule has 0 bridgehead atoms. The highest BCUT2D eigenvalue weighted by atomic mass is 32.2. The van der Waals surface area contributed by atoms with Crippen LogP contribution in [0.3, 0.4) is 0 Å². The van der Waals surface area contributed by atoms with Crippen molar-refractivity contribution in [3.8, 4) is 0 Å². The quantitative estimate of drug-likeness (QED) is 0.743. The van der Waals surface area contributed by atoms with Gasteiger partial charge in [0.2, 0.25) is 0 Å². The van der Waals surface area contributed by atoms with Crippen molar-refractivity contribution in [2.24, 2.45) is 17.8 Å². The van der Waals surface area contributed by atoms with Crippen LogP contribution in [0, 0.1) is 17.8 Å². The molecule has 4 atom stereocenters. The van der Waals surface area contributed by atoms with E-state index in [1.54, 1.807) is 11.8 Å². The molecule has 4 unspecified atom stereocenters. The zero-order chi connectivity index (χ0) is 10.9. The Labute approximate surface area is 94.9 Å². The van der Waals surface area contributed by atoms with Crippen molar-refractivity contribution in [1.29, 1.82) is 0 Å². The highest BCUT2D eigenvalue weighted by molar-refractivity contribution is 8.12. The largest absolute Gasteiger partial charge is 0.258 e. The minimum Gasteiger partial charge on any atom is -0.258 e. The fourth-order valence-corrected chi connectivity index (χ4v) is 5.63. The van der Waals surface area contributed by atoms with Gasteiger partial charge in [-0.2, -0.15) is 0 Å². The second-order valence-electron chi connectivity index (χ2n) is 4.85. The van der Waals surface area contributed by atoms with Gasteiger partial charge >= 0.3 is 0 Å². The van der Waals surface area contributed by atoms with E-state index in [9.17, 15) is 4.21 Å². The van der Waals surface area contributed by atoms with Gasteiger partial charge in [-0.3, -0.25) is 4.21 Å². The molecule has 3 heteroatoms. The molecule has 14 heavy (non-hydrogen) atoms. The average molecular weight is 234 g/mol. The maximum Gasteiger partial charge on any atom is 0.0933 e. The van der Waals surface area contributed by atoms with Gasteiger partial charge in [0.15, 0.2) is 0 Å². The van der Waals surface area contributed by atoms with E-state index >= 15 is 0 Å². The molecule has 0 spiro atoms. The van der Waals surface area contributed by atoms with Gasteiger partial charge in [0.1, 0.15) is 0 Å². The number of rotatable bonds is 4. The highest BCUT2D eigenvalue weighted by Gasteiger charge is 2.53. The molecule has 0 aliphatic heterocycles. The van der Waals surface area contributed by atoms with E-state index in [4.69, 9.17) is 0 Å². The molecule has 1 aliphatic rings. The normalized spacial score (nSPS) is 39.6. The predicted molar refractivity (Wildman–Crippen MR) is 67.0 cm³/mol. The van der Waals surface area contributed by atoms with E-state index in [1.165, 1.54) is 6.42 Å². The molecule has 0 radical (unpaired) electrons. The first-order chi connectivity index (χ1) is 6.44. The summed E-state index contributed by atoms with van der Waals surface area (Å²) >= 11 is 1.81. The second kappa shape index (κ2) is 4.56. The summed E-state index contributed by atoms with van der Waals surface area (Å²) in [4.78, 5) is 0. The van der Waals surface area contributed by atoms with Crippen LogP contribution in [-0.2, 0) is 10.8 Å². The SMILES string of the molecule is CSC1(S(C)=O)CC(CC(C)C)C1C. The number of hydrogen-bond acceptors (Lipinski definition) is 2. The summed E-state index contributed by atoms with van der Waals surface area (Å²) in [5.41, 5.74) is 0. The van der Waals surface area contributed by atoms with E-state index < -0.39 is 10.8 Å². The molecule has 0 saturated heterocycles. The molecule has 1 rings (SSSR count). The highest BCUT2D eigenvalue weighted by Crippen LogP contribution is 2.55. The lowest BCUT2D eigenvalue weighted by Crippen LogP contribution is -2.52. The van der Waals surface area contributed by atoms with Gasteiger partial charge < -0.3 is 0 Å². The molecule has 84 valence electrons. The van der Waals surface area contributed by atoms with E-state index in [0.29, 0.717) is 5.92 Å². The van der Waals surface area contributed by atoms with Gasteiger partial charge in [-0.05, 0) is 36.9 Å². The van der Waals surface area contributed by atoms with E-state index in [2.05, 4.69) is 27.0 Å². The lowest BCUT2D eigenvalue weighted by molar-refractivity contribution is 0.153. The Morgan fingerprint density at radius 2 is 2.14 bits per heavy atom. The fraction of sp³-hybridized carbons (Fsp3) is 1.00. The van der Waals surface area contributed by atoms with Crippen LogP contribution in [-0.4, -0.2) is 20.8 Å². The van der Waals surface area contributed by atoms with Crippen LogP contribution in [0.5, 0.6) is 0 Å². The lowest BCUT2D eigenvalue weighted by Gasteiger charge is -2.52. The van der Waals surface area contributed by atoms with Crippen molar-refractivity contribution in [3.63, 3.8) is 0 Å². The van der Waals surface area contributed by atoms with Gasteiger partial charge in [-0.15, -0.1) is 11.8 Å². The summed E-state index contributed by atoms with van der Waals surface area (Å²) in [7, 11) is -0.685. The zero-order valence-corrected chi connectivity index (χ0v) is 11.5. The van der Waals surface area contributed by atoms with Gasteiger partial charge in [-0.1, -0.05) is 20.8 Å². The predicted octanol–water partition coefficient (Wildman–Crippen LogP) is 3.13. The van der Waals surface area contributed by atoms with Gasteiger partial charge in [0.05, 0.1) is 4.08 Å². The van der Waals surface area contributed by atoms with E-state index in [-0.39, 0.29) is 4.08 Å². The summed E-state index contributed by atoms with van der Waals surface area (Å²) < 4.78 is 11.8. The van der Waals surface area contributed by atoms with Crippen LogP contribution in [0.2, 0.25) is 0 Å². The van der Waals surface area contributed by atoms with Crippen molar-refractivity contribution in [1.82, 2.24) is 0 Å². The van der Waals surface area contributed by atoms with E-state index in [0.717, 1.165) is 18.3 Å². The van der Waals surface area contributed by atoms with Crippen LogP contribution in [0.1, 0.15) is 33.6 Å². The van der Waals surface area contributed by atoms with Gasteiger partial charge in [0.25, 0.3) is 0 Å². The van der Waals surface area contributed by atoms with Gasteiger partial charge in [0, 0.05) is 17.1 Å². The third-order valence-electron chi connectivity index (χ3n) is 3.55. The average Bonchev–Trinajstić information content (AvgIpc) is 2.10. The third kappa shape index (κ3) is 2.04. The summed E-state index contributed by atoms with van der Waals surface area (Å²) in [5.74, 6) is 2.18. The molecule has 1 aliphatic carbocycles. The molecule has 1 nitrogen and oxygen atoms in total. The standard InChI is InChI=1S/C11H22OS2/c1-8(2)6-10-7-11(13-4,9(10)3)14(5)12/h8-10H,6-7H2,1-5H3. The fourth-order valence-electron chi connectivity index (χ4n) is 2.59. The Hall–Kier alpha value is 0.500. The zero-order valence-electron chi connectivity index (χ0n) is 9.87. The lowest BCUT2D eigenvalue weighted by atomic mass is 9.70. The maximum atomic E-state index is 11.7. The molecular formula is C11H22OS2. The minimum absolute atomic E-state index is 0.0690. The first kappa shape index (κ1) is 12.6. The first-order valence-corrected chi connectivity index (χ1v) is 8.11. The van der Waals surface area contributed by atoms with Crippen LogP contribution in [0.4, 0.5) is 0 Å². The van der Waals surface area contributed by atoms with Crippen molar-refractivity contribution >= 4 is 22.6 Å². The monoisotopic (exact) mass is 234 g/mol. The molecule has 1 saturated carbocycles. The summed E-state index contributed by atoms with van der Waals surface area (Å²) in [6, 6.07) is 0. The summed E-state index contributed by atoms with van der Waals surface area (Å²) in [6.45, 7) is 6.82. The third-order valence-corrected chi connectivity index (χ3v) is 7.50.